The number of halogens is 12. The number of rotatable bonds is 29. The topological polar surface area (TPSA) is 382 Å². The van der Waals surface area contributed by atoms with Gasteiger partial charge < -0.3 is 29.2 Å². The van der Waals surface area contributed by atoms with Crippen molar-refractivity contribution in [2.75, 3.05) is 96.4 Å². The molecule has 0 amide bonds. The minimum atomic E-state index is -3.82. The Hall–Kier alpha value is -10.1. The third-order valence-electron chi connectivity index (χ3n) is 24.3. The van der Waals surface area contributed by atoms with Gasteiger partial charge in [0.1, 0.15) is 41.6 Å². The maximum Gasteiger partial charge on any atom is 0.373 e. The number of thiazole rings is 3. The fraction of sp³-hybridized carbons (Fsp3) is 0.442. The summed E-state index contributed by atoms with van der Waals surface area (Å²) >= 11 is 23.6. The molecule has 0 bridgehead atoms. The van der Waals surface area contributed by atoms with Gasteiger partial charge in [0, 0.05) is 196 Å². The number of methoxy groups -OCH3 is 1. The number of piperidine rings is 2. The van der Waals surface area contributed by atoms with Gasteiger partial charge in [0.25, 0.3) is 0 Å². The second-order valence-corrected chi connectivity index (χ2v) is 42.4. The van der Waals surface area contributed by atoms with E-state index in [2.05, 4.69) is 61.1 Å². The number of nitrogens with zero attached hydrogens (tertiary/aromatic N) is 18. The van der Waals surface area contributed by atoms with Crippen LogP contribution < -0.4 is 14.2 Å². The van der Waals surface area contributed by atoms with Crippen LogP contribution >= 0.6 is 68.8 Å². The number of alkyl halides is 6. The van der Waals surface area contributed by atoms with Gasteiger partial charge in [0.15, 0.2) is 32.5 Å². The van der Waals surface area contributed by atoms with Crippen molar-refractivity contribution in [2.24, 2.45) is 20.9 Å². The van der Waals surface area contributed by atoms with Gasteiger partial charge in [-0.05, 0) is 132 Å². The Labute approximate surface area is 808 Å². The standard InChI is InChI=1S/C29H33ClF3N7O2S2.C28H29ClF3N7O4S2.C27H29ClF3N7O2S2.2CO2/c1-2-18-5-9-38(10-6-18)12-14-44(41,42)37-20-16-24-25(23-7-11-40(36-23)29(32)33)26(21-4-3-19(31)15-22(21)30)35-27(39(24)17-20)28-34-8-13-43-28;1-43-27(40)21-3-2-8-37(21)10-12-45(41,42)36-17-14-22-23(20-6-9-39(35-20)28(31)32)24(18-5-4-16(30)13-19(18)29)34-25(38(22)15-17)26-33-7-11-44-26;28-20-14-17(29)4-5-19(20)24-23(21-6-10-38(34-21)27(30)31)22-15-18(16-37(22)25(33-24)26-32-7-12-41-26)35-42(39,40)13-11-36-8-2-1-3-9-36;2*2-1-3/h3-4,7-8,11,13,15,18,20,26,29,37H,2,5-6,9-10,12,14,16-17H2,1H3;4-7,9,11,13,17,21,24,28,36H,2-3,8,10,12,14-15H2,1H3;4-7,10,12,14,18,24,27,35H,1-3,8-9,11,13,15-16H2;;/t20-,26-;17-,21?,24-;18-,24-;;/m000../s1. The number of aliphatic imine (C=N–C) groups is 3. The Balaban J connectivity index is 0.000000159. The van der Waals surface area contributed by atoms with Crippen LogP contribution in [0.25, 0.3) is 16.7 Å². The Morgan fingerprint density at radius 3 is 1.11 bits per heavy atom. The van der Waals surface area contributed by atoms with E-state index in [1.807, 2.05) is 19.6 Å². The van der Waals surface area contributed by atoms with Crippen LogP contribution in [0, 0.1) is 23.4 Å². The van der Waals surface area contributed by atoms with Crippen molar-refractivity contribution in [3.05, 3.63) is 225 Å². The Morgan fingerprint density at radius 1 is 0.474 bits per heavy atom. The molecule has 9 aromatic rings. The summed E-state index contributed by atoms with van der Waals surface area (Å²) in [4.78, 5) is 84.6. The molecule has 0 radical (unpaired) electrons. The molecule has 15 heterocycles. The highest BCUT2D eigenvalue weighted by atomic mass is 35.5. The molecule has 732 valence electrons. The first kappa shape index (κ1) is 103. The number of ether oxygens (including phenoxy) is 1. The third-order valence-corrected chi connectivity index (χ3v) is 31.8. The molecular weight excluding hydrogens is 1990 g/mol. The number of benzene rings is 3. The number of sulfonamides is 3. The van der Waals surface area contributed by atoms with Crippen LogP contribution in [0.3, 0.4) is 0 Å². The fourth-order valence-electron chi connectivity index (χ4n) is 18.1. The van der Waals surface area contributed by atoms with Gasteiger partial charge in [-0.1, -0.05) is 72.8 Å². The normalized spacial score (nSPS) is 21.1. The molecule has 9 aliphatic rings. The lowest BCUT2D eigenvalue weighted by atomic mass is 9.92. The summed E-state index contributed by atoms with van der Waals surface area (Å²) in [7, 11) is -9.77. The smallest absolute Gasteiger partial charge is 0.373 e. The highest BCUT2D eigenvalue weighted by Crippen LogP contribution is 2.51. The van der Waals surface area contributed by atoms with E-state index in [1.165, 1.54) is 127 Å². The highest BCUT2D eigenvalue weighted by molar-refractivity contribution is 7.90. The molecule has 6 saturated heterocycles. The molecule has 3 N–H and O–H groups in total. The summed E-state index contributed by atoms with van der Waals surface area (Å²) in [5.74, 6) is -0.119. The summed E-state index contributed by atoms with van der Waals surface area (Å²) in [5.41, 5.74) is 5.45. The molecule has 18 rings (SSSR count). The number of carbonyl (C=O) groups excluding carboxylic acids is 5. The molecule has 7 atom stereocenters. The minimum absolute atomic E-state index is 0.0184. The first-order valence-corrected chi connectivity index (χ1v) is 52.0. The Kier molecular flexibility index (Phi) is 34.4. The van der Waals surface area contributed by atoms with E-state index in [1.54, 1.807) is 34.7 Å². The van der Waals surface area contributed by atoms with Crippen LogP contribution in [0.2, 0.25) is 15.1 Å². The van der Waals surface area contributed by atoms with Crippen LogP contribution in [-0.4, -0.2) is 255 Å². The summed E-state index contributed by atoms with van der Waals surface area (Å²) in [6.45, 7) is -0.439. The molecule has 1 unspecified atom stereocenters. The van der Waals surface area contributed by atoms with E-state index in [9.17, 15) is 69.6 Å². The number of hydrogen-bond donors (Lipinski definition) is 3. The largest absolute Gasteiger partial charge is 0.468 e. The maximum absolute atomic E-state index is 14.1. The summed E-state index contributed by atoms with van der Waals surface area (Å²) in [5, 5.41) is 19.8. The first-order valence-electron chi connectivity index (χ1n) is 43.2. The van der Waals surface area contributed by atoms with Gasteiger partial charge in [0.2, 0.25) is 30.1 Å². The molecule has 6 fully saturated rings. The van der Waals surface area contributed by atoms with Crippen molar-refractivity contribution in [2.45, 2.75) is 139 Å². The quantitative estimate of drug-likeness (QED) is 0.0289. The molecule has 137 heavy (non-hydrogen) atoms. The zero-order chi connectivity index (χ0) is 97.7. The molecule has 3 aromatic carbocycles. The number of amidine groups is 3. The van der Waals surface area contributed by atoms with E-state index in [4.69, 9.17) is 73.7 Å². The van der Waals surface area contributed by atoms with Crippen molar-refractivity contribution in [1.82, 2.24) is 87.9 Å². The number of hydrogen-bond acceptors (Lipinski definition) is 30. The molecule has 0 spiro atoms. The second kappa shape index (κ2) is 45.9. The summed E-state index contributed by atoms with van der Waals surface area (Å²) in [6.07, 6.45) is 17.6. The van der Waals surface area contributed by atoms with Gasteiger partial charge in [-0.2, -0.15) is 60.8 Å². The first-order chi connectivity index (χ1) is 65.7. The summed E-state index contributed by atoms with van der Waals surface area (Å²) in [6, 6.07) is 11.6. The molecule has 6 aromatic heterocycles. The number of esters is 1. The molecule has 51 heteroatoms. The minimum Gasteiger partial charge on any atom is -0.468 e. The van der Waals surface area contributed by atoms with E-state index < -0.39 is 109 Å². The van der Waals surface area contributed by atoms with Gasteiger partial charge in [-0.3, -0.25) is 24.7 Å². The van der Waals surface area contributed by atoms with Gasteiger partial charge in [-0.15, -0.1) is 34.0 Å². The van der Waals surface area contributed by atoms with Gasteiger partial charge in [0.05, 0.1) is 41.5 Å². The van der Waals surface area contributed by atoms with Crippen LogP contribution in [0.1, 0.15) is 164 Å². The molecular formula is C86H91Cl3F9N21O12S6. The van der Waals surface area contributed by atoms with Crippen molar-refractivity contribution >= 4 is 151 Å². The van der Waals surface area contributed by atoms with Gasteiger partial charge in [-0.25, -0.2) is 81.6 Å². The molecule has 9 aliphatic heterocycles. The average molecular weight is 2080 g/mol. The summed E-state index contributed by atoms with van der Waals surface area (Å²) < 4.78 is 218. The number of likely N-dealkylation sites (tertiary alicyclic amines) is 3. The Bertz CT molecular complexity index is 6400. The predicted molar refractivity (Wildman–Crippen MR) is 492 cm³/mol. The van der Waals surface area contributed by atoms with Crippen LogP contribution in [0.5, 0.6) is 0 Å². The van der Waals surface area contributed by atoms with Crippen molar-refractivity contribution < 1.29 is 93.5 Å². The number of nitrogens with one attached hydrogen (secondary N) is 3. The van der Waals surface area contributed by atoms with Crippen LogP contribution in [0.4, 0.5) is 39.5 Å². The van der Waals surface area contributed by atoms with E-state index in [0.29, 0.717) is 129 Å². The highest BCUT2D eigenvalue weighted by Gasteiger charge is 2.47. The van der Waals surface area contributed by atoms with E-state index in [0.717, 1.165) is 77.0 Å². The number of fused-ring (bicyclic) bond motifs is 3. The predicted octanol–water partition coefficient (Wildman–Crippen LogP) is 13.4. The third kappa shape index (κ3) is 25.0. The number of aromatic nitrogens is 9. The molecule has 33 nitrogen and oxygen atoms in total. The van der Waals surface area contributed by atoms with Crippen LogP contribution in [-0.2, 0) is 58.8 Å². The Morgan fingerprint density at radius 2 is 0.810 bits per heavy atom. The number of carbonyl (C=O) groups is 1. The van der Waals surface area contributed by atoms with Crippen molar-refractivity contribution in [3.8, 4) is 0 Å². The lowest BCUT2D eigenvalue weighted by Gasteiger charge is -2.32. The average Bonchev–Trinajstić information content (AvgIpc) is 1.62. The molecule has 0 saturated carbocycles. The van der Waals surface area contributed by atoms with Crippen molar-refractivity contribution in [3.63, 3.8) is 0 Å². The lowest BCUT2D eigenvalue weighted by Crippen LogP contribution is -2.44. The SMILES string of the molecule is CCC1CCN(CCS(=O)(=O)N[C@H]2CC3=C(c4ccn(C(F)F)n4)[C@H](c4ccc(F)cc4Cl)N=C(c4nccs4)N3C2)CC1.COC(=O)C1CCCN1CCS(=O)(=O)N[C@H]1CC2=C(c3ccn(C(F)F)n3)[C@H](c3ccc(F)cc3Cl)N=C(c3nccs3)N2C1.O=C=O.O=C=O.O=S(=O)(CCN1CCCCC1)N[C@H]1CC2=C(c3ccn(C(F)F)n3)[C@H](c3ccc(F)cc3Cl)N=C(c3nccs3)N2C1. The van der Waals surface area contributed by atoms with E-state index >= 15 is 0 Å². The monoisotopic (exact) mass is 2080 g/mol. The second-order valence-electron chi connectivity index (χ2n) is 32.9. The zero-order valence-electron chi connectivity index (χ0n) is 73.1. The van der Waals surface area contributed by atoms with E-state index in [-0.39, 0.29) is 113 Å². The maximum atomic E-state index is 14.1. The zero-order valence-corrected chi connectivity index (χ0v) is 80.3. The van der Waals surface area contributed by atoms with Gasteiger partial charge >= 0.3 is 37.9 Å². The van der Waals surface area contributed by atoms with Crippen molar-refractivity contribution in [1.29, 1.82) is 0 Å². The van der Waals surface area contributed by atoms with Crippen LogP contribution in [0.15, 0.2) is 158 Å². The lowest BCUT2D eigenvalue weighted by molar-refractivity contribution is -0.193. The fourth-order valence-corrected chi connectivity index (χ4v) is 24.6. The molecule has 0 aliphatic carbocycles.